The van der Waals surface area contributed by atoms with Crippen molar-refractivity contribution in [1.82, 2.24) is 5.06 Å². The predicted molar refractivity (Wildman–Crippen MR) is 46.8 cm³/mol. The van der Waals surface area contributed by atoms with E-state index in [-0.39, 0.29) is 5.91 Å². The first-order chi connectivity index (χ1) is 6.17. The van der Waals surface area contributed by atoms with E-state index in [1.807, 2.05) is 0 Å². The van der Waals surface area contributed by atoms with Crippen molar-refractivity contribution < 1.29 is 19.1 Å². The number of amides is 1. The zero-order valence-electron chi connectivity index (χ0n) is 8.57. The molecule has 0 N–H and O–H groups in total. The maximum Gasteiger partial charge on any atom is 0.302 e. The quantitative estimate of drug-likeness (QED) is 0.450. The molecule has 0 saturated heterocycles. The highest BCUT2D eigenvalue weighted by Gasteiger charge is 2.22. The maximum absolute atomic E-state index is 11.4. The molecule has 0 aromatic heterocycles. The summed E-state index contributed by atoms with van der Waals surface area (Å²) in [5.41, 5.74) is 0. The second-order valence-corrected chi connectivity index (χ2v) is 2.26. The summed E-state index contributed by atoms with van der Waals surface area (Å²) >= 11 is 0. The first-order valence-electron chi connectivity index (χ1n) is 4.22. The average Bonchev–Trinajstić information content (AvgIpc) is 2.15. The average molecular weight is 191 g/mol. The van der Waals surface area contributed by atoms with Crippen LogP contribution in [0.3, 0.4) is 0 Å². The van der Waals surface area contributed by atoms with Crippen LogP contribution < -0.4 is 0 Å². The molecule has 0 aliphatic rings. The zero-order valence-corrected chi connectivity index (χ0v) is 8.57. The molecule has 5 nitrogen and oxygen atoms in total. The number of rotatable bonds is 6. The van der Waals surface area contributed by atoms with E-state index in [4.69, 9.17) is 14.3 Å². The maximum atomic E-state index is 11.4. The van der Waals surface area contributed by atoms with Crippen LogP contribution in [0.5, 0.6) is 0 Å². The van der Waals surface area contributed by atoms with Crippen LogP contribution in [-0.2, 0) is 19.1 Å². The summed E-state index contributed by atoms with van der Waals surface area (Å²) < 4.78 is 10.1. The molecule has 0 spiro atoms. The van der Waals surface area contributed by atoms with Gasteiger partial charge < -0.3 is 9.47 Å². The van der Waals surface area contributed by atoms with Crippen molar-refractivity contribution in [3.05, 3.63) is 0 Å². The third-order valence-electron chi connectivity index (χ3n) is 1.42. The molecular formula is C8H17NO4. The Morgan fingerprint density at radius 2 is 1.77 bits per heavy atom. The van der Waals surface area contributed by atoms with E-state index >= 15 is 0 Å². The summed E-state index contributed by atoms with van der Waals surface area (Å²) in [5, 5.41) is 1.08. The summed E-state index contributed by atoms with van der Waals surface area (Å²) in [4.78, 5) is 16.1. The Labute approximate surface area is 78.5 Å². The largest absolute Gasteiger partial charge is 0.345 e. The lowest BCUT2D eigenvalue weighted by atomic mass is 10.5. The van der Waals surface area contributed by atoms with E-state index in [0.29, 0.717) is 13.2 Å². The van der Waals surface area contributed by atoms with Crippen molar-refractivity contribution in [3.8, 4) is 0 Å². The molecule has 0 saturated carbocycles. The minimum absolute atomic E-state index is 0.341. The van der Waals surface area contributed by atoms with Gasteiger partial charge in [-0.15, -0.1) is 0 Å². The SMILES string of the molecule is CCOC(OCC)C(=O)N(C)OC. The van der Waals surface area contributed by atoms with Crippen molar-refractivity contribution in [1.29, 1.82) is 0 Å². The highest BCUT2D eigenvalue weighted by atomic mass is 16.7. The van der Waals surface area contributed by atoms with Gasteiger partial charge in [-0.2, -0.15) is 0 Å². The third-order valence-corrected chi connectivity index (χ3v) is 1.42. The number of carbonyl (C=O) groups excluding carboxylic acids is 1. The van der Waals surface area contributed by atoms with Crippen molar-refractivity contribution >= 4 is 5.91 Å². The Hall–Kier alpha value is -0.650. The molecule has 78 valence electrons. The summed E-state index contributed by atoms with van der Waals surface area (Å²) in [6.07, 6.45) is -0.861. The Bertz CT molecular complexity index is 145. The molecule has 1 amide bonds. The van der Waals surface area contributed by atoms with Crippen LogP contribution in [-0.4, -0.2) is 44.6 Å². The van der Waals surface area contributed by atoms with E-state index < -0.39 is 6.29 Å². The molecular weight excluding hydrogens is 174 g/mol. The van der Waals surface area contributed by atoms with Gasteiger partial charge in [0.2, 0.25) is 6.29 Å². The van der Waals surface area contributed by atoms with Crippen molar-refractivity contribution in [2.75, 3.05) is 27.4 Å². The van der Waals surface area contributed by atoms with Crippen LogP contribution in [0.4, 0.5) is 0 Å². The molecule has 5 heteroatoms. The van der Waals surface area contributed by atoms with Crippen LogP contribution in [0.2, 0.25) is 0 Å². The minimum Gasteiger partial charge on any atom is -0.345 e. The number of nitrogens with zero attached hydrogens (tertiary/aromatic N) is 1. The van der Waals surface area contributed by atoms with Gasteiger partial charge in [-0.1, -0.05) is 0 Å². The molecule has 0 fully saturated rings. The van der Waals surface area contributed by atoms with Gasteiger partial charge >= 0.3 is 5.91 Å². The lowest BCUT2D eigenvalue weighted by Crippen LogP contribution is -2.39. The number of likely N-dealkylation sites (N-methyl/N-ethyl adjacent to an activating group) is 1. The van der Waals surface area contributed by atoms with Crippen LogP contribution in [0, 0.1) is 0 Å². The zero-order chi connectivity index (χ0) is 10.3. The van der Waals surface area contributed by atoms with E-state index in [1.54, 1.807) is 13.8 Å². The smallest absolute Gasteiger partial charge is 0.302 e. The van der Waals surface area contributed by atoms with Gasteiger partial charge in [-0.25, -0.2) is 5.06 Å². The van der Waals surface area contributed by atoms with E-state index in [0.717, 1.165) is 5.06 Å². The summed E-state index contributed by atoms with van der Waals surface area (Å²) in [6.45, 7) is 4.44. The predicted octanol–water partition coefficient (Wildman–Crippen LogP) is 0.405. The van der Waals surface area contributed by atoms with Crippen LogP contribution >= 0.6 is 0 Å². The van der Waals surface area contributed by atoms with Crippen molar-refractivity contribution in [2.45, 2.75) is 20.1 Å². The summed E-state index contributed by atoms with van der Waals surface area (Å²) in [7, 11) is 2.92. The number of hydrogen-bond acceptors (Lipinski definition) is 4. The van der Waals surface area contributed by atoms with Gasteiger partial charge in [0.05, 0.1) is 7.11 Å². The van der Waals surface area contributed by atoms with Gasteiger partial charge in [0.15, 0.2) is 0 Å². The van der Waals surface area contributed by atoms with Gasteiger partial charge in [0, 0.05) is 20.3 Å². The summed E-state index contributed by atoms with van der Waals surface area (Å²) in [5.74, 6) is -0.341. The van der Waals surface area contributed by atoms with E-state index in [1.165, 1.54) is 14.2 Å². The number of hydrogen-bond donors (Lipinski definition) is 0. The summed E-state index contributed by atoms with van der Waals surface area (Å²) in [6, 6.07) is 0. The topological polar surface area (TPSA) is 48.0 Å². The number of ether oxygens (including phenoxy) is 2. The molecule has 0 aromatic carbocycles. The number of carbonyl (C=O) groups is 1. The Morgan fingerprint density at radius 3 is 2.08 bits per heavy atom. The standard InChI is InChI=1S/C8H17NO4/c1-5-12-8(13-6-2)7(10)9(3)11-4/h8H,5-6H2,1-4H3. The normalized spacial score (nSPS) is 10.5. The first kappa shape index (κ1) is 12.3. The fourth-order valence-electron chi connectivity index (χ4n) is 0.732. The fraction of sp³-hybridized carbons (Fsp3) is 0.875. The van der Waals surface area contributed by atoms with Crippen molar-refractivity contribution in [2.24, 2.45) is 0 Å². The Kier molecular flexibility index (Phi) is 6.48. The van der Waals surface area contributed by atoms with Gasteiger partial charge in [0.1, 0.15) is 0 Å². The van der Waals surface area contributed by atoms with Crippen LogP contribution in [0.1, 0.15) is 13.8 Å². The Morgan fingerprint density at radius 1 is 1.31 bits per heavy atom. The highest BCUT2D eigenvalue weighted by molar-refractivity contribution is 5.78. The molecule has 0 heterocycles. The van der Waals surface area contributed by atoms with Gasteiger partial charge in [-0.3, -0.25) is 9.63 Å². The van der Waals surface area contributed by atoms with E-state index in [9.17, 15) is 4.79 Å². The molecule has 0 atom stereocenters. The second-order valence-electron chi connectivity index (χ2n) is 2.26. The molecule has 0 aliphatic carbocycles. The Balaban J connectivity index is 4.09. The van der Waals surface area contributed by atoms with Crippen molar-refractivity contribution in [3.63, 3.8) is 0 Å². The number of hydroxylamine groups is 2. The van der Waals surface area contributed by atoms with Gasteiger partial charge in [-0.05, 0) is 13.8 Å². The molecule has 0 unspecified atom stereocenters. The first-order valence-corrected chi connectivity index (χ1v) is 4.22. The fourth-order valence-corrected chi connectivity index (χ4v) is 0.732. The monoisotopic (exact) mass is 191 g/mol. The third kappa shape index (κ3) is 4.21. The highest BCUT2D eigenvalue weighted by Crippen LogP contribution is 2.00. The lowest BCUT2D eigenvalue weighted by Gasteiger charge is -2.20. The molecule has 0 aliphatic heterocycles. The second kappa shape index (κ2) is 6.82. The molecule has 0 radical (unpaired) electrons. The molecule has 13 heavy (non-hydrogen) atoms. The molecule has 0 aromatic rings. The minimum atomic E-state index is -0.861. The van der Waals surface area contributed by atoms with Crippen LogP contribution in [0.15, 0.2) is 0 Å². The van der Waals surface area contributed by atoms with Gasteiger partial charge in [0.25, 0.3) is 0 Å². The van der Waals surface area contributed by atoms with Crippen LogP contribution in [0.25, 0.3) is 0 Å². The molecule has 0 bridgehead atoms. The lowest BCUT2D eigenvalue weighted by molar-refractivity contribution is -0.210. The molecule has 0 rings (SSSR count). The van der Waals surface area contributed by atoms with E-state index in [2.05, 4.69) is 0 Å².